The molecule has 1 aliphatic rings. The van der Waals surface area contributed by atoms with Crippen molar-refractivity contribution in [3.05, 3.63) is 18.0 Å². The van der Waals surface area contributed by atoms with E-state index in [2.05, 4.69) is 5.10 Å². The van der Waals surface area contributed by atoms with Crippen LogP contribution in [0.3, 0.4) is 0 Å². The summed E-state index contributed by atoms with van der Waals surface area (Å²) in [5.41, 5.74) is 0.445. The zero-order valence-electron chi connectivity index (χ0n) is 11.7. The van der Waals surface area contributed by atoms with Crippen molar-refractivity contribution in [2.75, 3.05) is 27.2 Å². The van der Waals surface area contributed by atoms with E-state index in [0.29, 0.717) is 18.8 Å². The molecule has 2 heterocycles. The summed E-state index contributed by atoms with van der Waals surface area (Å²) in [6.45, 7) is 1.19. The summed E-state index contributed by atoms with van der Waals surface area (Å²) < 4.78 is 1.61. The molecular weight excluding hydrogens is 244 g/mol. The van der Waals surface area contributed by atoms with Gasteiger partial charge >= 0.3 is 0 Å². The van der Waals surface area contributed by atoms with Crippen molar-refractivity contribution in [1.29, 1.82) is 0 Å². The molecule has 6 nitrogen and oxygen atoms in total. The van der Waals surface area contributed by atoms with Crippen LogP contribution < -0.4 is 0 Å². The maximum absolute atomic E-state index is 12.3. The van der Waals surface area contributed by atoms with Gasteiger partial charge in [-0.3, -0.25) is 14.3 Å². The quantitative estimate of drug-likeness (QED) is 0.775. The van der Waals surface area contributed by atoms with Crippen LogP contribution in [0.1, 0.15) is 23.3 Å². The molecule has 6 heteroatoms. The number of rotatable bonds is 2. The first kappa shape index (κ1) is 13.6. The zero-order chi connectivity index (χ0) is 14.0. The summed E-state index contributed by atoms with van der Waals surface area (Å²) in [4.78, 5) is 27.6. The third-order valence-electron chi connectivity index (χ3n) is 3.43. The molecule has 2 amide bonds. The number of nitrogens with zero attached hydrogens (tertiary/aromatic N) is 4. The summed E-state index contributed by atoms with van der Waals surface area (Å²) in [5.74, 6) is -0.0770. The van der Waals surface area contributed by atoms with Crippen LogP contribution in [0.4, 0.5) is 0 Å². The lowest BCUT2D eigenvalue weighted by molar-refractivity contribution is -0.134. The number of aromatic nitrogens is 2. The first-order valence-corrected chi connectivity index (χ1v) is 6.49. The van der Waals surface area contributed by atoms with Crippen molar-refractivity contribution in [2.45, 2.75) is 12.8 Å². The second kappa shape index (κ2) is 5.42. The Labute approximate surface area is 113 Å². The van der Waals surface area contributed by atoms with Gasteiger partial charge in [0.15, 0.2) is 0 Å². The first-order chi connectivity index (χ1) is 8.99. The first-order valence-electron chi connectivity index (χ1n) is 6.49. The fourth-order valence-electron chi connectivity index (χ4n) is 2.42. The number of piperidine rings is 1. The number of likely N-dealkylation sites (tertiary alicyclic amines) is 1. The van der Waals surface area contributed by atoms with Crippen LogP contribution in [0.15, 0.2) is 12.3 Å². The molecule has 0 bridgehead atoms. The molecule has 1 aromatic rings. The van der Waals surface area contributed by atoms with Gasteiger partial charge in [-0.2, -0.15) is 5.10 Å². The van der Waals surface area contributed by atoms with E-state index in [-0.39, 0.29) is 17.7 Å². The molecule has 0 radical (unpaired) electrons. The molecule has 1 atom stereocenters. The second-order valence-electron chi connectivity index (χ2n) is 5.20. The number of hydrogen-bond acceptors (Lipinski definition) is 3. The Hall–Kier alpha value is -1.85. The molecule has 0 unspecified atom stereocenters. The van der Waals surface area contributed by atoms with Crippen molar-refractivity contribution in [2.24, 2.45) is 13.0 Å². The normalized spacial score (nSPS) is 19.3. The third kappa shape index (κ3) is 2.94. The minimum absolute atomic E-state index is 0.0862. The van der Waals surface area contributed by atoms with Gasteiger partial charge in [-0.15, -0.1) is 0 Å². The number of carbonyl (C=O) groups is 2. The van der Waals surface area contributed by atoms with Gasteiger partial charge in [-0.1, -0.05) is 0 Å². The SMILES string of the molecule is CN(C)C(=O)[C@H]1CCCN(C(=O)c2ccn(C)n2)C1. The van der Waals surface area contributed by atoms with E-state index in [0.717, 1.165) is 12.8 Å². The Morgan fingerprint density at radius 2 is 2.16 bits per heavy atom. The molecule has 2 rings (SSSR count). The van der Waals surface area contributed by atoms with Crippen molar-refractivity contribution in [3.8, 4) is 0 Å². The highest BCUT2D eigenvalue weighted by atomic mass is 16.2. The van der Waals surface area contributed by atoms with Crippen LogP contribution in [-0.4, -0.2) is 58.6 Å². The molecule has 1 aromatic heterocycles. The summed E-state index contributed by atoms with van der Waals surface area (Å²) in [6, 6.07) is 1.71. The average Bonchev–Trinajstić information content (AvgIpc) is 2.83. The number of aryl methyl sites for hydroxylation is 1. The molecule has 0 N–H and O–H groups in total. The Balaban J connectivity index is 2.05. The van der Waals surface area contributed by atoms with Crippen LogP contribution >= 0.6 is 0 Å². The average molecular weight is 264 g/mol. The van der Waals surface area contributed by atoms with Crippen LogP contribution in [0.2, 0.25) is 0 Å². The highest BCUT2D eigenvalue weighted by Crippen LogP contribution is 2.19. The predicted molar refractivity (Wildman–Crippen MR) is 70.5 cm³/mol. The van der Waals surface area contributed by atoms with E-state index < -0.39 is 0 Å². The van der Waals surface area contributed by atoms with E-state index in [4.69, 9.17) is 0 Å². The van der Waals surface area contributed by atoms with Crippen LogP contribution in [0.25, 0.3) is 0 Å². The fraction of sp³-hybridized carbons (Fsp3) is 0.615. The topological polar surface area (TPSA) is 58.4 Å². The summed E-state index contributed by atoms with van der Waals surface area (Å²) in [5, 5.41) is 4.12. The van der Waals surface area contributed by atoms with Gasteiger partial charge in [0.25, 0.3) is 5.91 Å². The maximum atomic E-state index is 12.3. The van der Waals surface area contributed by atoms with Gasteiger partial charge in [0, 0.05) is 40.4 Å². The molecule has 1 saturated heterocycles. The molecule has 19 heavy (non-hydrogen) atoms. The van der Waals surface area contributed by atoms with E-state index in [1.54, 1.807) is 47.9 Å². The Bertz CT molecular complexity index is 481. The molecular formula is C13H20N4O2. The molecule has 0 aliphatic carbocycles. The van der Waals surface area contributed by atoms with Gasteiger partial charge in [0.2, 0.25) is 5.91 Å². The highest BCUT2D eigenvalue weighted by molar-refractivity contribution is 5.92. The smallest absolute Gasteiger partial charge is 0.274 e. The van der Waals surface area contributed by atoms with E-state index >= 15 is 0 Å². The Morgan fingerprint density at radius 1 is 1.42 bits per heavy atom. The maximum Gasteiger partial charge on any atom is 0.274 e. The summed E-state index contributed by atoms with van der Waals surface area (Å²) in [7, 11) is 5.29. The van der Waals surface area contributed by atoms with Crippen molar-refractivity contribution in [1.82, 2.24) is 19.6 Å². The van der Waals surface area contributed by atoms with Crippen LogP contribution in [0.5, 0.6) is 0 Å². The van der Waals surface area contributed by atoms with Crippen molar-refractivity contribution < 1.29 is 9.59 Å². The number of amides is 2. The summed E-state index contributed by atoms with van der Waals surface area (Å²) >= 11 is 0. The minimum Gasteiger partial charge on any atom is -0.349 e. The molecule has 0 aromatic carbocycles. The Morgan fingerprint density at radius 3 is 2.74 bits per heavy atom. The van der Waals surface area contributed by atoms with Gasteiger partial charge in [0.05, 0.1) is 5.92 Å². The highest BCUT2D eigenvalue weighted by Gasteiger charge is 2.30. The van der Waals surface area contributed by atoms with Gasteiger partial charge < -0.3 is 9.80 Å². The summed E-state index contributed by atoms with van der Waals surface area (Å²) in [6.07, 6.45) is 3.46. The standard InChI is InChI=1S/C13H20N4O2/c1-15(2)12(18)10-5-4-7-17(9-10)13(19)11-6-8-16(3)14-11/h6,8,10H,4-5,7,9H2,1-3H3/t10-/m0/s1. The molecule has 1 aliphatic heterocycles. The third-order valence-corrected chi connectivity index (χ3v) is 3.43. The van der Waals surface area contributed by atoms with Gasteiger partial charge in [0.1, 0.15) is 5.69 Å². The van der Waals surface area contributed by atoms with E-state index in [1.165, 1.54) is 0 Å². The van der Waals surface area contributed by atoms with Crippen molar-refractivity contribution >= 4 is 11.8 Å². The second-order valence-corrected chi connectivity index (χ2v) is 5.20. The largest absolute Gasteiger partial charge is 0.349 e. The van der Waals surface area contributed by atoms with Gasteiger partial charge in [-0.25, -0.2) is 0 Å². The van der Waals surface area contributed by atoms with Crippen LogP contribution in [0, 0.1) is 5.92 Å². The monoisotopic (exact) mass is 264 g/mol. The number of hydrogen-bond donors (Lipinski definition) is 0. The molecule has 104 valence electrons. The minimum atomic E-state index is -0.0867. The molecule has 1 fully saturated rings. The number of carbonyl (C=O) groups excluding carboxylic acids is 2. The lowest BCUT2D eigenvalue weighted by atomic mass is 9.96. The zero-order valence-corrected chi connectivity index (χ0v) is 11.7. The Kier molecular flexibility index (Phi) is 3.87. The van der Waals surface area contributed by atoms with Crippen molar-refractivity contribution in [3.63, 3.8) is 0 Å². The van der Waals surface area contributed by atoms with E-state index in [1.807, 2.05) is 0 Å². The molecule has 0 spiro atoms. The lowest BCUT2D eigenvalue weighted by Gasteiger charge is -2.32. The lowest BCUT2D eigenvalue weighted by Crippen LogP contribution is -2.45. The molecule has 0 saturated carbocycles. The predicted octanol–water partition coefficient (Wildman–Crippen LogP) is 0.360. The van der Waals surface area contributed by atoms with Crippen LogP contribution in [-0.2, 0) is 11.8 Å². The fourth-order valence-corrected chi connectivity index (χ4v) is 2.42. The van der Waals surface area contributed by atoms with E-state index in [9.17, 15) is 9.59 Å². The van der Waals surface area contributed by atoms with Gasteiger partial charge in [-0.05, 0) is 18.9 Å².